The Morgan fingerprint density at radius 3 is 2.48 bits per heavy atom. The molecule has 0 heterocycles. The smallest absolute Gasteiger partial charge is 0.175 e. The summed E-state index contributed by atoms with van der Waals surface area (Å²) in [7, 11) is 4.12. The Hall–Kier alpha value is -0.980. The van der Waals surface area contributed by atoms with Gasteiger partial charge >= 0.3 is 0 Å². The Kier molecular flexibility index (Phi) is 9.19. The molecule has 0 radical (unpaired) electrons. The van der Waals surface area contributed by atoms with Crippen molar-refractivity contribution in [1.82, 2.24) is 10.2 Å². The van der Waals surface area contributed by atoms with E-state index >= 15 is 0 Å². The first-order valence-electron chi connectivity index (χ1n) is 8.78. The van der Waals surface area contributed by atoms with E-state index in [1.807, 2.05) is 19.1 Å². The van der Waals surface area contributed by atoms with Gasteiger partial charge in [-0.3, -0.25) is 0 Å². The van der Waals surface area contributed by atoms with Gasteiger partial charge in [-0.25, -0.2) is 0 Å². The Morgan fingerprint density at radius 1 is 1.04 bits per heavy atom. The van der Waals surface area contributed by atoms with Gasteiger partial charge in [-0.05, 0) is 72.3 Å². The number of ether oxygens (including phenoxy) is 2. The van der Waals surface area contributed by atoms with E-state index in [2.05, 4.69) is 46.3 Å². The first kappa shape index (κ1) is 22.3. The fraction of sp³-hybridized carbons (Fsp3) is 0.400. The lowest BCUT2D eigenvalue weighted by Crippen LogP contribution is -2.26. The molecular weight excluding hydrogens is 451 g/mol. The lowest BCUT2D eigenvalue weighted by molar-refractivity contribution is 0.267. The van der Waals surface area contributed by atoms with E-state index in [1.54, 1.807) is 12.1 Å². The van der Waals surface area contributed by atoms with Crippen molar-refractivity contribution < 1.29 is 9.47 Å². The van der Waals surface area contributed by atoms with Crippen molar-refractivity contribution in [2.75, 3.05) is 33.8 Å². The van der Waals surface area contributed by atoms with E-state index < -0.39 is 0 Å². The van der Waals surface area contributed by atoms with Gasteiger partial charge in [-0.1, -0.05) is 29.3 Å². The summed E-state index contributed by atoms with van der Waals surface area (Å²) in [6.45, 7) is 5.57. The molecule has 1 N–H and O–H groups in total. The summed E-state index contributed by atoms with van der Waals surface area (Å²) in [5.74, 6) is 1.40. The van der Waals surface area contributed by atoms with Crippen molar-refractivity contribution in [3.05, 3.63) is 56.0 Å². The van der Waals surface area contributed by atoms with Crippen molar-refractivity contribution in [1.29, 1.82) is 0 Å². The van der Waals surface area contributed by atoms with Gasteiger partial charge in [0.2, 0.25) is 0 Å². The minimum Gasteiger partial charge on any atom is -0.490 e. The van der Waals surface area contributed by atoms with Gasteiger partial charge in [0.05, 0.1) is 21.1 Å². The van der Waals surface area contributed by atoms with Crippen LogP contribution >= 0.6 is 39.1 Å². The molecule has 27 heavy (non-hydrogen) atoms. The van der Waals surface area contributed by atoms with Crippen LogP contribution in [0.4, 0.5) is 0 Å². The van der Waals surface area contributed by atoms with Crippen LogP contribution in [0.2, 0.25) is 10.0 Å². The van der Waals surface area contributed by atoms with Gasteiger partial charge in [-0.2, -0.15) is 0 Å². The maximum Gasteiger partial charge on any atom is 0.175 e. The van der Waals surface area contributed by atoms with Gasteiger partial charge < -0.3 is 19.7 Å². The molecule has 0 aliphatic rings. The molecule has 0 fully saturated rings. The number of benzene rings is 2. The predicted octanol–water partition coefficient (Wildman–Crippen LogP) is 5.38. The van der Waals surface area contributed by atoms with E-state index in [9.17, 15) is 0 Å². The minimum atomic E-state index is 0.371. The molecule has 148 valence electrons. The van der Waals surface area contributed by atoms with E-state index in [1.165, 1.54) is 0 Å². The molecule has 0 atom stereocenters. The molecule has 0 aliphatic carbocycles. The second-order valence-electron chi connectivity index (χ2n) is 6.36. The number of rotatable bonds is 10. The Bertz CT molecular complexity index is 757. The Morgan fingerprint density at radius 2 is 1.81 bits per heavy atom. The monoisotopic (exact) mass is 474 g/mol. The highest BCUT2D eigenvalue weighted by Crippen LogP contribution is 2.37. The van der Waals surface area contributed by atoms with Crippen LogP contribution < -0.4 is 14.8 Å². The van der Waals surface area contributed by atoms with Crippen molar-refractivity contribution in [2.24, 2.45) is 0 Å². The summed E-state index contributed by atoms with van der Waals surface area (Å²) in [5, 5.41) is 4.48. The van der Waals surface area contributed by atoms with E-state index in [0.717, 1.165) is 41.0 Å². The molecule has 0 aliphatic heterocycles. The average Bonchev–Trinajstić information content (AvgIpc) is 2.61. The van der Waals surface area contributed by atoms with Crippen molar-refractivity contribution >= 4 is 39.1 Å². The topological polar surface area (TPSA) is 33.7 Å². The summed E-state index contributed by atoms with van der Waals surface area (Å²) >= 11 is 15.7. The van der Waals surface area contributed by atoms with Gasteiger partial charge in [0, 0.05) is 19.6 Å². The zero-order valence-electron chi connectivity index (χ0n) is 15.8. The number of nitrogens with zero attached hydrogens (tertiary/aromatic N) is 1. The highest BCUT2D eigenvalue weighted by atomic mass is 79.9. The molecule has 2 rings (SSSR count). The molecule has 7 heteroatoms. The first-order valence-corrected chi connectivity index (χ1v) is 10.3. The third kappa shape index (κ3) is 7.16. The lowest BCUT2D eigenvalue weighted by atomic mass is 10.2. The first-order chi connectivity index (χ1) is 12.9. The molecule has 0 saturated carbocycles. The maximum atomic E-state index is 6.08. The summed E-state index contributed by atoms with van der Waals surface area (Å²) in [4.78, 5) is 2.15. The zero-order valence-corrected chi connectivity index (χ0v) is 18.9. The third-order valence-electron chi connectivity index (χ3n) is 3.80. The lowest BCUT2D eigenvalue weighted by Gasteiger charge is -2.16. The molecule has 4 nitrogen and oxygen atoms in total. The minimum absolute atomic E-state index is 0.371. The van der Waals surface area contributed by atoms with Crippen molar-refractivity contribution in [3.63, 3.8) is 0 Å². The van der Waals surface area contributed by atoms with Gasteiger partial charge in [-0.15, -0.1) is 0 Å². The third-order valence-corrected chi connectivity index (χ3v) is 5.13. The number of hydrogen-bond donors (Lipinski definition) is 1. The highest BCUT2D eigenvalue weighted by Gasteiger charge is 2.13. The number of nitrogens with one attached hydrogen (secondary N) is 1. The van der Waals surface area contributed by atoms with Crippen LogP contribution in [0.5, 0.6) is 11.5 Å². The Labute approximate surface area is 179 Å². The molecule has 0 spiro atoms. The quantitative estimate of drug-likeness (QED) is 0.467. The standard InChI is InChI=1S/C20H25BrCl2N2O2/c1-4-26-19-11-15(12-24-7-8-25(2)3)9-16(21)20(19)27-13-14-5-6-17(22)18(23)10-14/h5-6,9-11,24H,4,7-8,12-13H2,1-3H3. The SMILES string of the molecule is CCOc1cc(CNCCN(C)C)cc(Br)c1OCc1ccc(Cl)c(Cl)c1. The second-order valence-corrected chi connectivity index (χ2v) is 8.02. The van der Waals surface area contributed by atoms with E-state index in [-0.39, 0.29) is 0 Å². The van der Waals surface area contributed by atoms with Crippen LogP contribution in [0.15, 0.2) is 34.8 Å². The summed E-state index contributed by atoms with van der Waals surface area (Å²) in [5.41, 5.74) is 2.07. The largest absolute Gasteiger partial charge is 0.490 e. The molecule has 0 bridgehead atoms. The summed E-state index contributed by atoms with van der Waals surface area (Å²) in [6.07, 6.45) is 0. The predicted molar refractivity (Wildman–Crippen MR) is 116 cm³/mol. The molecular formula is C20H25BrCl2N2O2. The van der Waals surface area contributed by atoms with E-state index in [0.29, 0.717) is 29.0 Å². The second kappa shape index (κ2) is 11.1. The number of halogens is 3. The molecule has 2 aromatic rings. The summed E-state index contributed by atoms with van der Waals surface area (Å²) in [6, 6.07) is 9.53. The summed E-state index contributed by atoms with van der Waals surface area (Å²) < 4.78 is 12.7. The van der Waals surface area contributed by atoms with Gasteiger partial charge in [0.15, 0.2) is 11.5 Å². The molecule has 0 aromatic heterocycles. The normalized spacial score (nSPS) is 11.1. The van der Waals surface area contributed by atoms with Crippen LogP contribution in [0.3, 0.4) is 0 Å². The molecule has 0 saturated heterocycles. The van der Waals surface area contributed by atoms with Crippen LogP contribution in [0, 0.1) is 0 Å². The maximum absolute atomic E-state index is 6.08. The van der Waals surface area contributed by atoms with Crippen LogP contribution in [-0.4, -0.2) is 38.7 Å². The number of hydrogen-bond acceptors (Lipinski definition) is 4. The van der Waals surface area contributed by atoms with E-state index in [4.69, 9.17) is 32.7 Å². The van der Waals surface area contributed by atoms with Crippen LogP contribution in [-0.2, 0) is 13.2 Å². The zero-order chi connectivity index (χ0) is 19.8. The highest BCUT2D eigenvalue weighted by molar-refractivity contribution is 9.10. The van der Waals surface area contributed by atoms with Gasteiger partial charge in [0.25, 0.3) is 0 Å². The van der Waals surface area contributed by atoms with Crippen LogP contribution in [0.25, 0.3) is 0 Å². The molecule has 0 unspecified atom stereocenters. The van der Waals surface area contributed by atoms with Gasteiger partial charge in [0.1, 0.15) is 6.61 Å². The fourth-order valence-corrected chi connectivity index (χ4v) is 3.37. The van der Waals surface area contributed by atoms with Crippen LogP contribution in [0.1, 0.15) is 18.1 Å². The fourth-order valence-electron chi connectivity index (χ4n) is 2.45. The Balaban J connectivity index is 2.08. The van der Waals surface area contributed by atoms with Crippen molar-refractivity contribution in [3.8, 4) is 11.5 Å². The number of likely N-dealkylation sites (N-methyl/N-ethyl adjacent to an activating group) is 1. The average molecular weight is 476 g/mol. The molecule has 0 amide bonds. The molecule has 2 aromatic carbocycles. The van der Waals surface area contributed by atoms with Crippen molar-refractivity contribution in [2.45, 2.75) is 20.1 Å².